The molecule has 0 radical (unpaired) electrons. The van der Waals surface area contributed by atoms with Crippen LogP contribution in [0.5, 0.6) is 0 Å². The third-order valence-corrected chi connectivity index (χ3v) is 2.73. The minimum atomic E-state index is 0.141. The maximum Gasteiger partial charge on any atom is 0.128 e. The summed E-state index contributed by atoms with van der Waals surface area (Å²) in [6.07, 6.45) is 1.97. The number of pyridine rings is 1. The van der Waals surface area contributed by atoms with Crippen molar-refractivity contribution in [3.05, 3.63) is 23.9 Å². The van der Waals surface area contributed by atoms with Crippen LogP contribution >= 0.6 is 0 Å². The fraction of sp³-hybridized carbons (Fsp3) is 0.688. The lowest BCUT2D eigenvalue weighted by atomic mass is 9.96. The van der Waals surface area contributed by atoms with Gasteiger partial charge in [0.05, 0.1) is 0 Å². The Bertz CT molecular complexity index is 382. The average Bonchev–Trinajstić information content (AvgIpc) is 2.23. The Kier molecular flexibility index (Phi) is 4.97. The zero-order chi connectivity index (χ0) is 14.7. The van der Waals surface area contributed by atoms with Gasteiger partial charge >= 0.3 is 0 Å². The summed E-state index contributed by atoms with van der Waals surface area (Å²) in [6.45, 7) is 15.1. The number of anilines is 1. The molecule has 0 amide bonds. The predicted octanol–water partition coefficient (Wildman–Crippen LogP) is 3.45. The molecule has 0 atom stereocenters. The van der Waals surface area contributed by atoms with E-state index in [-0.39, 0.29) is 11.0 Å². The van der Waals surface area contributed by atoms with Crippen LogP contribution in [0.3, 0.4) is 0 Å². The minimum Gasteiger partial charge on any atom is -0.359 e. The molecule has 0 aliphatic heterocycles. The van der Waals surface area contributed by atoms with Crippen molar-refractivity contribution in [2.24, 2.45) is 5.41 Å². The number of aromatic nitrogens is 1. The molecule has 3 nitrogen and oxygen atoms in total. The summed E-state index contributed by atoms with van der Waals surface area (Å²) >= 11 is 0. The Labute approximate surface area is 118 Å². The molecule has 0 spiro atoms. The summed E-state index contributed by atoms with van der Waals surface area (Å²) in [5.74, 6) is 1.04. The molecule has 0 aliphatic carbocycles. The highest BCUT2D eigenvalue weighted by atomic mass is 15.2. The highest BCUT2D eigenvalue weighted by Gasteiger charge is 2.14. The van der Waals surface area contributed by atoms with Crippen molar-refractivity contribution in [1.82, 2.24) is 10.3 Å². The number of hydrogen-bond donors (Lipinski definition) is 1. The summed E-state index contributed by atoms with van der Waals surface area (Å²) in [5.41, 5.74) is 1.65. The monoisotopic (exact) mass is 263 g/mol. The second kappa shape index (κ2) is 5.91. The Morgan fingerprint density at radius 3 is 2.16 bits per heavy atom. The number of nitrogens with one attached hydrogen (secondary N) is 1. The van der Waals surface area contributed by atoms with Gasteiger partial charge < -0.3 is 10.2 Å². The predicted molar refractivity (Wildman–Crippen MR) is 83.6 cm³/mol. The van der Waals surface area contributed by atoms with E-state index in [4.69, 9.17) is 0 Å². The van der Waals surface area contributed by atoms with Crippen molar-refractivity contribution in [3.8, 4) is 0 Å². The van der Waals surface area contributed by atoms with Crippen LogP contribution in [-0.4, -0.2) is 24.1 Å². The van der Waals surface area contributed by atoms with Crippen molar-refractivity contribution in [2.75, 3.05) is 18.5 Å². The van der Waals surface area contributed by atoms with Crippen molar-refractivity contribution >= 4 is 5.82 Å². The van der Waals surface area contributed by atoms with Crippen LogP contribution in [0, 0.1) is 5.41 Å². The molecular weight excluding hydrogens is 234 g/mol. The van der Waals surface area contributed by atoms with Gasteiger partial charge in [-0.1, -0.05) is 26.8 Å². The second-order valence-corrected chi connectivity index (χ2v) is 7.54. The van der Waals surface area contributed by atoms with Crippen LogP contribution in [-0.2, 0) is 6.54 Å². The lowest BCUT2D eigenvalue weighted by molar-refractivity contribution is 0.417. The Morgan fingerprint density at radius 1 is 1.11 bits per heavy atom. The maximum atomic E-state index is 4.55. The van der Waals surface area contributed by atoms with Crippen molar-refractivity contribution in [3.63, 3.8) is 0 Å². The molecule has 3 heteroatoms. The largest absolute Gasteiger partial charge is 0.359 e. The van der Waals surface area contributed by atoms with Crippen molar-refractivity contribution in [1.29, 1.82) is 0 Å². The molecule has 19 heavy (non-hydrogen) atoms. The van der Waals surface area contributed by atoms with E-state index in [0.717, 1.165) is 18.9 Å². The molecule has 0 saturated carbocycles. The van der Waals surface area contributed by atoms with Crippen LogP contribution < -0.4 is 10.2 Å². The summed E-state index contributed by atoms with van der Waals surface area (Å²) in [7, 11) is 2.10. The molecule has 1 aromatic rings. The molecule has 1 rings (SSSR count). The van der Waals surface area contributed by atoms with E-state index in [1.54, 1.807) is 0 Å². The van der Waals surface area contributed by atoms with E-state index in [1.165, 1.54) is 5.56 Å². The first kappa shape index (κ1) is 16.0. The van der Waals surface area contributed by atoms with Gasteiger partial charge in [-0.25, -0.2) is 4.98 Å². The number of hydrogen-bond acceptors (Lipinski definition) is 3. The molecule has 1 aromatic heterocycles. The van der Waals surface area contributed by atoms with Crippen LogP contribution in [0.4, 0.5) is 5.82 Å². The molecule has 108 valence electrons. The average molecular weight is 263 g/mol. The Morgan fingerprint density at radius 2 is 1.74 bits per heavy atom. The first-order valence-electron chi connectivity index (χ1n) is 6.98. The first-order valence-corrected chi connectivity index (χ1v) is 6.98. The Hall–Kier alpha value is -1.09. The zero-order valence-corrected chi connectivity index (χ0v) is 13.5. The molecule has 1 heterocycles. The first-order chi connectivity index (χ1) is 8.57. The van der Waals surface area contributed by atoms with Gasteiger partial charge in [0.15, 0.2) is 0 Å². The van der Waals surface area contributed by atoms with E-state index in [9.17, 15) is 0 Å². The summed E-state index contributed by atoms with van der Waals surface area (Å²) < 4.78 is 0. The molecule has 0 bridgehead atoms. The van der Waals surface area contributed by atoms with Crippen LogP contribution in [0.2, 0.25) is 0 Å². The van der Waals surface area contributed by atoms with Gasteiger partial charge in [0.25, 0.3) is 0 Å². The van der Waals surface area contributed by atoms with Gasteiger partial charge in [0.2, 0.25) is 0 Å². The molecule has 0 saturated heterocycles. The van der Waals surface area contributed by atoms with E-state index in [1.807, 2.05) is 6.20 Å². The minimum absolute atomic E-state index is 0.141. The number of rotatable bonds is 4. The molecule has 0 aliphatic rings. The standard InChI is InChI=1S/C16H29N3/c1-15(2,3)12-19(7)14-9-8-13(10-17-14)11-18-16(4,5)6/h8-10,18H,11-12H2,1-7H3. The second-order valence-electron chi connectivity index (χ2n) is 7.54. The van der Waals surface area contributed by atoms with Crippen molar-refractivity contribution in [2.45, 2.75) is 53.6 Å². The molecule has 0 aromatic carbocycles. The van der Waals surface area contributed by atoms with E-state index < -0.39 is 0 Å². The van der Waals surface area contributed by atoms with Gasteiger partial charge in [-0.2, -0.15) is 0 Å². The maximum absolute atomic E-state index is 4.55. The lowest BCUT2D eigenvalue weighted by Gasteiger charge is -2.27. The van der Waals surface area contributed by atoms with E-state index in [0.29, 0.717) is 0 Å². The van der Waals surface area contributed by atoms with E-state index in [2.05, 4.69) is 75.9 Å². The summed E-state index contributed by atoms with van der Waals surface area (Å²) in [4.78, 5) is 6.76. The van der Waals surface area contributed by atoms with Crippen LogP contribution in [0.1, 0.15) is 47.1 Å². The third-order valence-electron chi connectivity index (χ3n) is 2.73. The highest BCUT2D eigenvalue weighted by Crippen LogP contribution is 2.18. The SMILES string of the molecule is CN(CC(C)(C)C)c1ccc(CNC(C)(C)C)cn1. The normalized spacial score (nSPS) is 12.6. The molecule has 0 unspecified atom stereocenters. The molecule has 1 N–H and O–H groups in total. The molecule has 0 fully saturated rings. The third kappa shape index (κ3) is 6.58. The van der Waals surface area contributed by atoms with Crippen molar-refractivity contribution < 1.29 is 0 Å². The zero-order valence-electron chi connectivity index (χ0n) is 13.5. The fourth-order valence-corrected chi connectivity index (χ4v) is 1.91. The van der Waals surface area contributed by atoms with Crippen LogP contribution in [0.15, 0.2) is 18.3 Å². The van der Waals surface area contributed by atoms with Gasteiger partial charge in [0.1, 0.15) is 5.82 Å². The molecular formula is C16H29N3. The van der Waals surface area contributed by atoms with Crippen LogP contribution in [0.25, 0.3) is 0 Å². The Balaban J connectivity index is 2.61. The van der Waals surface area contributed by atoms with Gasteiger partial charge in [-0.3, -0.25) is 0 Å². The summed E-state index contributed by atoms with van der Waals surface area (Å²) in [5, 5.41) is 3.47. The quantitative estimate of drug-likeness (QED) is 0.902. The fourth-order valence-electron chi connectivity index (χ4n) is 1.91. The lowest BCUT2D eigenvalue weighted by Crippen LogP contribution is -2.35. The van der Waals surface area contributed by atoms with Gasteiger partial charge in [0, 0.05) is 31.9 Å². The number of nitrogens with zero attached hydrogens (tertiary/aromatic N) is 2. The summed E-state index contributed by atoms with van der Waals surface area (Å²) in [6, 6.07) is 4.26. The van der Waals surface area contributed by atoms with E-state index >= 15 is 0 Å². The smallest absolute Gasteiger partial charge is 0.128 e. The van der Waals surface area contributed by atoms with Gasteiger partial charge in [-0.05, 0) is 37.8 Å². The highest BCUT2D eigenvalue weighted by molar-refractivity contribution is 5.38. The van der Waals surface area contributed by atoms with Gasteiger partial charge in [-0.15, -0.1) is 0 Å². The topological polar surface area (TPSA) is 28.2 Å².